The number of hydrogen-bond acceptors (Lipinski definition) is 1. The molecule has 0 bridgehead atoms. The first kappa shape index (κ1) is 10.5. The normalized spacial score (nSPS) is 24.5. The van der Waals surface area contributed by atoms with E-state index in [0.29, 0.717) is 0 Å². The molecule has 1 rings (SSSR count). The summed E-state index contributed by atoms with van der Waals surface area (Å²) in [5.41, 5.74) is -0.507. The van der Waals surface area contributed by atoms with Gasteiger partial charge in [-0.15, -0.1) is 6.58 Å². The fraction of sp³-hybridized carbons (Fsp3) is 0.667. The zero-order valence-electron chi connectivity index (χ0n) is 8.50. The first-order valence-corrected chi connectivity index (χ1v) is 5.20. The molecular formula is C12H20O. The zero-order chi connectivity index (χ0) is 9.73. The highest BCUT2D eigenvalue weighted by Crippen LogP contribution is 2.35. The van der Waals surface area contributed by atoms with Gasteiger partial charge in [-0.25, -0.2) is 0 Å². The molecule has 1 aliphatic rings. The van der Waals surface area contributed by atoms with Crippen molar-refractivity contribution in [2.24, 2.45) is 5.92 Å². The summed E-state index contributed by atoms with van der Waals surface area (Å²) in [6.07, 6.45) is 11.3. The van der Waals surface area contributed by atoms with Crippen molar-refractivity contribution in [3.8, 4) is 0 Å². The van der Waals surface area contributed by atoms with E-state index in [1.807, 2.05) is 19.1 Å². The predicted molar refractivity (Wildman–Crippen MR) is 56.5 cm³/mol. The topological polar surface area (TPSA) is 20.2 Å². The van der Waals surface area contributed by atoms with Crippen molar-refractivity contribution in [1.29, 1.82) is 0 Å². The van der Waals surface area contributed by atoms with Crippen LogP contribution < -0.4 is 0 Å². The molecule has 0 amide bonds. The molecule has 1 fully saturated rings. The average Bonchev–Trinajstić information content (AvgIpc) is 2.15. The standard InChI is InChI=1S/C12H20O/c1-3-8-11(4-2)12(13)9-6-5-7-10-12/h3-4,8,11,13H,2,5-7,9-10H2,1H3/b8-3+. The van der Waals surface area contributed by atoms with Gasteiger partial charge in [-0.3, -0.25) is 0 Å². The maximum absolute atomic E-state index is 10.3. The molecule has 1 saturated carbocycles. The molecule has 74 valence electrons. The minimum atomic E-state index is -0.507. The van der Waals surface area contributed by atoms with Crippen LogP contribution in [0.15, 0.2) is 24.8 Å². The van der Waals surface area contributed by atoms with Crippen LogP contribution in [0.4, 0.5) is 0 Å². The van der Waals surface area contributed by atoms with Crippen LogP contribution in [-0.4, -0.2) is 10.7 Å². The van der Waals surface area contributed by atoms with E-state index in [2.05, 4.69) is 12.7 Å². The summed E-state index contributed by atoms with van der Waals surface area (Å²) in [6.45, 7) is 5.78. The first-order chi connectivity index (χ1) is 6.23. The summed E-state index contributed by atoms with van der Waals surface area (Å²) in [4.78, 5) is 0. The lowest BCUT2D eigenvalue weighted by Gasteiger charge is -2.36. The van der Waals surface area contributed by atoms with Crippen LogP contribution in [0.3, 0.4) is 0 Å². The van der Waals surface area contributed by atoms with E-state index in [9.17, 15) is 5.11 Å². The van der Waals surface area contributed by atoms with Crippen molar-refractivity contribution < 1.29 is 5.11 Å². The summed E-state index contributed by atoms with van der Waals surface area (Å²) in [5, 5.41) is 10.3. The number of rotatable bonds is 3. The van der Waals surface area contributed by atoms with Gasteiger partial charge in [0.25, 0.3) is 0 Å². The van der Waals surface area contributed by atoms with Gasteiger partial charge in [0.15, 0.2) is 0 Å². The Bertz CT molecular complexity index is 187. The van der Waals surface area contributed by atoms with Gasteiger partial charge in [-0.2, -0.15) is 0 Å². The summed E-state index contributed by atoms with van der Waals surface area (Å²) in [7, 11) is 0. The van der Waals surface area contributed by atoms with Crippen molar-refractivity contribution in [3.05, 3.63) is 24.8 Å². The van der Waals surface area contributed by atoms with Crippen LogP contribution in [0, 0.1) is 5.92 Å². The van der Waals surface area contributed by atoms with Crippen LogP contribution in [0.1, 0.15) is 39.0 Å². The van der Waals surface area contributed by atoms with Gasteiger partial charge in [0.2, 0.25) is 0 Å². The van der Waals surface area contributed by atoms with Crippen LogP contribution in [0.25, 0.3) is 0 Å². The van der Waals surface area contributed by atoms with Crippen LogP contribution in [0.5, 0.6) is 0 Å². The third-order valence-electron chi connectivity index (χ3n) is 2.99. The smallest absolute Gasteiger partial charge is 0.0744 e. The van der Waals surface area contributed by atoms with Crippen LogP contribution in [-0.2, 0) is 0 Å². The van der Waals surface area contributed by atoms with E-state index in [0.717, 1.165) is 25.7 Å². The highest BCUT2D eigenvalue weighted by Gasteiger charge is 2.34. The van der Waals surface area contributed by atoms with Crippen molar-refractivity contribution in [2.45, 2.75) is 44.6 Å². The van der Waals surface area contributed by atoms with Gasteiger partial charge in [0.1, 0.15) is 0 Å². The summed E-state index contributed by atoms with van der Waals surface area (Å²) >= 11 is 0. The third kappa shape index (κ3) is 2.44. The minimum Gasteiger partial charge on any atom is -0.389 e. The molecular weight excluding hydrogens is 160 g/mol. The van der Waals surface area contributed by atoms with Gasteiger partial charge in [-0.1, -0.05) is 37.5 Å². The Morgan fingerprint density at radius 1 is 1.31 bits per heavy atom. The van der Waals surface area contributed by atoms with Crippen molar-refractivity contribution in [2.75, 3.05) is 0 Å². The molecule has 1 atom stereocenters. The average molecular weight is 180 g/mol. The molecule has 1 heteroatoms. The lowest BCUT2D eigenvalue weighted by molar-refractivity contribution is -0.0186. The van der Waals surface area contributed by atoms with Gasteiger partial charge in [0, 0.05) is 5.92 Å². The van der Waals surface area contributed by atoms with Gasteiger partial charge in [-0.05, 0) is 19.8 Å². The Hall–Kier alpha value is -0.560. The summed E-state index contributed by atoms with van der Waals surface area (Å²) in [5.74, 6) is 0.137. The Morgan fingerprint density at radius 3 is 2.38 bits per heavy atom. The maximum Gasteiger partial charge on any atom is 0.0744 e. The van der Waals surface area contributed by atoms with Gasteiger partial charge < -0.3 is 5.11 Å². The second-order valence-electron chi connectivity index (χ2n) is 3.95. The molecule has 0 spiro atoms. The van der Waals surface area contributed by atoms with E-state index < -0.39 is 5.60 Å². The third-order valence-corrected chi connectivity index (χ3v) is 2.99. The molecule has 0 aromatic rings. The Balaban J connectivity index is 2.68. The van der Waals surface area contributed by atoms with Crippen LogP contribution in [0.2, 0.25) is 0 Å². The minimum absolute atomic E-state index is 0.137. The Labute approximate surface area is 81.2 Å². The van der Waals surface area contributed by atoms with E-state index >= 15 is 0 Å². The first-order valence-electron chi connectivity index (χ1n) is 5.20. The zero-order valence-corrected chi connectivity index (χ0v) is 8.50. The van der Waals surface area contributed by atoms with E-state index in [1.165, 1.54) is 6.42 Å². The quantitative estimate of drug-likeness (QED) is 0.662. The van der Waals surface area contributed by atoms with E-state index in [4.69, 9.17) is 0 Å². The van der Waals surface area contributed by atoms with E-state index in [-0.39, 0.29) is 5.92 Å². The highest BCUT2D eigenvalue weighted by atomic mass is 16.3. The molecule has 13 heavy (non-hydrogen) atoms. The number of aliphatic hydroxyl groups is 1. The Kier molecular flexibility index (Phi) is 3.73. The molecule has 0 aromatic heterocycles. The summed E-state index contributed by atoms with van der Waals surface area (Å²) < 4.78 is 0. The fourth-order valence-corrected chi connectivity index (χ4v) is 2.18. The lowest BCUT2D eigenvalue weighted by atomic mass is 9.75. The highest BCUT2D eigenvalue weighted by molar-refractivity contribution is 5.07. The second kappa shape index (κ2) is 4.61. The van der Waals surface area contributed by atoms with Crippen molar-refractivity contribution in [3.63, 3.8) is 0 Å². The summed E-state index contributed by atoms with van der Waals surface area (Å²) in [6, 6.07) is 0. The molecule has 1 N–H and O–H groups in total. The molecule has 0 saturated heterocycles. The molecule has 0 aromatic carbocycles. The van der Waals surface area contributed by atoms with Gasteiger partial charge >= 0.3 is 0 Å². The lowest BCUT2D eigenvalue weighted by Crippen LogP contribution is -2.37. The molecule has 0 aliphatic heterocycles. The van der Waals surface area contributed by atoms with Crippen molar-refractivity contribution >= 4 is 0 Å². The van der Waals surface area contributed by atoms with Crippen molar-refractivity contribution in [1.82, 2.24) is 0 Å². The maximum atomic E-state index is 10.3. The second-order valence-corrected chi connectivity index (χ2v) is 3.95. The number of hydrogen-bond donors (Lipinski definition) is 1. The number of allylic oxidation sites excluding steroid dienone is 1. The van der Waals surface area contributed by atoms with Gasteiger partial charge in [0.05, 0.1) is 5.60 Å². The largest absolute Gasteiger partial charge is 0.389 e. The molecule has 0 heterocycles. The van der Waals surface area contributed by atoms with Crippen LogP contribution >= 0.6 is 0 Å². The fourth-order valence-electron chi connectivity index (χ4n) is 2.18. The molecule has 0 radical (unpaired) electrons. The molecule has 1 nitrogen and oxygen atoms in total. The molecule has 1 unspecified atom stereocenters. The Morgan fingerprint density at radius 2 is 1.92 bits per heavy atom. The van der Waals surface area contributed by atoms with E-state index in [1.54, 1.807) is 0 Å². The monoisotopic (exact) mass is 180 g/mol. The molecule has 1 aliphatic carbocycles. The SMILES string of the molecule is C=CC(/C=C/C)C1(O)CCCCC1. The predicted octanol–water partition coefficient (Wildman–Crippen LogP) is 3.06.